The third-order valence-electron chi connectivity index (χ3n) is 5.79. The molecule has 149 valence electrons. The Hall–Kier alpha value is -1.62. The quantitative estimate of drug-likeness (QED) is 0.425. The van der Waals surface area contributed by atoms with Crippen molar-refractivity contribution in [3.63, 3.8) is 0 Å². The summed E-state index contributed by atoms with van der Waals surface area (Å²) in [6.07, 6.45) is 1.79. The van der Waals surface area contributed by atoms with Crippen LogP contribution in [0.15, 0.2) is 36.4 Å². The number of halogens is 1. The van der Waals surface area contributed by atoms with Gasteiger partial charge in [0, 0.05) is 24.8 Å². The van der Waals surface area contributed by atoms with E-state index in [4.69, 9.17) is 21.0 Å². The summed E-state index contributed by atoms with van der Waals surface area (Å²) in [5.74, 6) is 1.03. The standard InChI is InChI=1S/C23H30ClN2OSi/c1-7-22-25-20-13-10-18(24)16-21(20)26(22)19-11-8-17(9-12-19)14-15-27-28(5,6)23(2,3)4/h8-9,11-13,16H,7,14-15H2,1-6H3. The monoisotopic (exact) mass is 413 g/mol. The van der Waals surface area contributed by atoms with Gasteiger partial charge in [0.15, 0.2) is 8.32 Å². The molecular formula is C23H30ClN2OSi. The zero-order valence-corrected chi connectivity index (χ0v) is 19.5. The Balaban J connectivity index is 1.78. The molecule has 1 aromatic heterocycles. The molecule has 0 N–H and O–H groups in total. The fraction of sp³-hybridized carbons (Fsp3) is 0.435. The summed E-state index contributed by atoms with van der Waals surface area (Å²) in [5.41, 5.74) is 4.34. The minimum absolute atomic E-state index is 0.245. The van der Waals surface area contributed by atoms with Crippen molar-refractivity contribution in [3.8, 4) is 5.69 Å². The number of hydrogen-bond acceptors (Lipinski definition) is 2. The molecule has 2 aromatic carbocycles. The molecule has 1 radical (unpaired) electrons. The van der Waals surface area contributed by atoms with Gasteiger partial charge in [-0.1, -0.05) is 51.4 Å². The molecule has 3 aromatic rings. The first-order valence-corrected chi connectivity index (χ1v) is 13.2. The fourth-order valence-corrected chi connectivity index (χ4v) is 4.22. The van der Waals surface area contributed by atoms with Crippen molar-refractivity contribution in [2.75, 3.05) is 6.61 Å². The van der Waals surface area contributed by atoms with Crippen LogP contribution in [-0.4, -0.2) is 24.5 Å². The van der Waals surface area contributed by atoms with Crippen LogP contribution in [0.2, 0.25) is 23.2 Å². The maximum Gasteiger partial charge on any atom is 0.191 e. The molecule has 0 atom stereocenters. The van der Waals surface area contributed by atoms with E-state index in [1.54, 1.807) is 0 Å². The molecule has 1 heterocycles. The highest BCUT2D eigenvalue weighted by Crippen LogP contribution is 2.36. The van der Waals surface area contributed by atoms with Gasteiger partial charge in [-0.25, -0.2) is 4.98 Å². The average molecular weight is 414 g/mol. The van der Waals surface area contributed by atoms with E-state index >= 15 is 0 Å². The first kappa shape index (κ1) is 21.1. The lowest BCUT2D eigenvalue weighted by Gasteiger charge is -2.36. The van der Waals surface area contributed by atoms with E-state index in [-0.39, 0.29) is 5.04 Å². The topological polar surface area (TPSA) is 27.1 Å². The van der Waals surface area contributed by atoms with Crippen molar-refractivity contribution in [2.24, 2.45) is 0 Å². The van der Waals surface area contributed by atoms with Gasteiger partial charge in [-0.15, -0.1) is 0 Å². The van der Waals surface area contributed by atoms with Crippen molar-refractivity contribution in [2.45, 2.75) is 58.7 Å². The van der Waals surface area contributed by atoms with Crippen molar-refractivity contribution in [1.29, 1.82) is 0 Å². The van der Waals surface area contributed by atoms with Crippen molar-refractivity contribution >= 4 is 31.0 Å². The molecule has 28 heavy (non-hydrogen) atoms. The predicted octanol–water partition coefficient (Wildman–Crippen LogP) is 6.61. The number of hydrogen-bond donors (Lipinski definition) is 0. The Labute approximate surface area is 174 Å². The summed E-state index contributed by atoms with van der Waals surface area (Å²) < 4.78 is 8.50. The molecule has 0 saturated heterocycles. The van der Waals surface area contributed by atoms with Gasteiger partial charge in [-0.05, 0) is 54.4 Å². The number of nitrogens with zero attached hydrogens (tertiary/aromatic N) is 2. The number of imidazole rings is 1. The Morgan fingerprint density at radius 3 is 2.46 bits per heavy atom. The summed E-state index contributed by atoms with van der Waals surface area (Å²) in [7, 11) is -1.69. The lowest BCUT2D eigenvalue weighted by atomic mass is 10.1. The zero-order chi connectivity index (χ0) is 20.5. The van der Waals surface area contributed by atoms with Crippen molar-refractivity contribution in [1.82, 2.24) is 9.55 Å². The number of benzene rings is 2. The van der Waals surface area contributed by atoms with Gasteiger partial charge < -0.3 is 4.43 Å². The molecule has 0 aliphatic rings. The molecule has 3 nitrogen and oxygen atoms in total. The Kier molecular flexibility index (Phi) is 6.04. The third kappa shape index (κ3) is 4.34. The minimum Gasteiger partial charge on any atom is -0.416 e. The lowest BCUT2D eigenvalue weighted by molar-refractivity contribution is 0.292. The van der Waals surface area contributed by atoms with Crippen LogP contribution in [0.25, 0.3) is 16.7 Å². The summed E-state index contributed by atoms with van der Waals surface area (Å²) >= 11 is 6.17. The Bertz CT molecular complexity index is 955. The normalized spacial score (nSPS) is 12.7. The fourth-order valence-electron chi connectivity index (χ4n) is 3.02. The van der Waals surface area contributed by atoms with Gasteiger partial charge in [0.05, 0.1) is 16.1 Å². The molecule has 0 bridgehead atoms. The number of aromatic nitrogens is 2. The molecule has 3 rings (SSSR count). The molecule has 5 heteroatoms. The second-order valence-corrected chi connectivity index (χ2v) is 14.0. The SMILES string of the molecule is CCc1nc2c[c]c(Cl)cc2n1-c1ccc(CCO[Si](C)(C)C(C)(C)C)cc1. The van der Waals surface area contributed by atoms with Crippen LogP contribution in [0.5, 0.6) is 0 Å². The van der Waals surface area contributed by atoms with Gasteiger partial charge >= 0.3 is 0 Å². The number of aryl methyl sites for hydroxylation is 1. The third-order valence-corrected chi connectivity index (χ3v) is 10.5. The first-order valence-electron chi connectivity index (χ1n) is 9.94. The molecular weight excluding hydrogens is 384 g/mol. The van der Waals surface area contributed by atoms with E-state index in [9.17, 15) is 0 Å². The largest absolute Gasteiger partial charge is 0.416 e. The van der Waals surface area contributed by atoms with Crippen LogP contribution in [0.1, 0.15) is 39.1 Å². The van der Waals surface area contributed by atoms with Gasteiger partial charge in [0.1, 0.15) is 5.82 Å². The number of fused-ring (bicyclic) bond motifs is 1. The Morgan fingerprint density at radius 1 is 1.18 bits per heavy atom. The highest BCUT2D eigenvalue weighted by atomic mass is 35.5. The summed E-state index contributed by atoms with van der Waals surface area (Å²) in [4.78, 5) is 4.73. The first-order chi connectivity index (χ1) is 13.1. The van der Waals surface area contributed by atoms with Gasteiger partial charge in [-0.2, -0.15) is 0 Å². The maximum atomic E-state index is 6.31. The second kappa shape index (κ2) is 8.01. The minimum atomic E-state index is -1.69. The summed E-state index contributed by atoms with van der Waals surface area (Å²) in [6.45, 7) is 14.3. The molecule has 0 aliphatic heterocycles. The highest BCUT2D eigenvalue weighted by Gasteiger charge is 2.36. The molecule has 0 unspecified atom stereocenters. The highest BCUT2D eigenvalue weighted by molar-refractivity contribution is 6.74. The van der Waals surface area contributed by atoms with Crippen LogP contribution in [0.3, 0.4) is 0 Å². The van der Waals surface area contributed by atoms with E-state index in [0.29, 0.717) is 5.02 Å². The average Bonchev–Trinajstić information content (AvgIpc) is 2.99. The van der Waals surface area contributed by atoms with E-state index in [1.165, 1.54) is 5.56 Å². The van der Waals surface area contributed by atoms with Crippen LogP contribution >= 0.6 is 11.6 Å². The lowest BCUT2D eigenvalue weighted by Crippen LogP contribution is -2.41. The van der Waals surface area contributed by atoms with Gasteiger partial charge in [0.2, 0.25) is 0 Å². The van der Waals surface area contributed by atoms with Crippen LogP contribution < -0.4 is 0 Å². The smallest absolute Gasteiger partial charge is 0.191 e. The Morgan fingerprint density at radius 2 is 1.86 bits per heavy atom. The maximum absolute atomic E-state index is 6.31. The van der Waals surface area contributed by atoms with E-state index in [1.807, 2.05) is 12.1 Å². The number of rotatable bonds is 6. The second-order valence-electron chi connectivity index (χ2n) is 8.79. The van der Waals surface area contributed by atoms with Crippen LogP contribution in [0, 0.1) is 6.07 Å². The summed E-state index contributed by atoms with van der Waals surface area (Å²) in [5, 5.41) is 0.852. The van der Waals surface area contributed by atoms with Crippen LogP contribution in [0.4, 0.5) is 0 Å². The predicted molar refractivity (Wildman–Crippen MR) is 121 cm³/mol. The molecule has 0 spiro atoms. The zero-order valence-electron chi connectivity index (χ0n) is 17.8. The molecule has 0 fully saturated rings. The van der Waals surface area contributed by atoms with Gasteiger partial charge in [-0.3, -0.25) is 4.57 Å². The molecule has 0 amide bonds. The van der Waals surface area contributed by atoms with E-state index in [2.05, 4.69) is 75.7 Å². The van der Waals surface area contributed by atoms with E-state index < -0.39 is 8.32 Å². The van der Waals surface area contributed by atoms with Crippen LogP contribution in [-0.2, 0) is 17.3 Å². The summed E-state index contributed by atoms with van der Waals surface area (Å²) in [6, 6.07) is 15.5. The van der Waals surface area contributed by atoms with E-state index in [0.717, 1.165) is 42.0 Å². The van der Waals surface area contributed by atoms with Crippen molar-refractivity contribution in [3.05, 3.63) is 58.9 Å². The molecule has 0 saturated carbocycles. The van der Waals surface area contributed by atoms with Crippen molar-refractivity contribution < 1.29 is 4.43 Å². The molecule has 0 aliphatic carbocycles. The van der Waals surface area contributed by atoms with Gasteiger partial charge in [0.25, 0.3) is 0 Å².